The molecule has 4 rings (SSSR count). The largest absolute Gasteiger partial charge is 0.444 e. The molecule has 4 nitrogen and oxygen atoms in total. The number of quaternary nitrogens is 1. The summed E-state index contributed by atoms with van der Waals surface area (Å²) in [6, 6.07) is 10.4. The third-order valence-electron chi connectivity index (χ3n) is 5.27. The highest BCUT2D eigenvalue weighted by atomic mass is 19.1. The SMILES string of the molecule is CCc1cc(=O)oc2c(C)c3c(cc12)C[NH+](CCc1cccc(F)c1)CO3. The van der Waals surface area contributed by atoms with Gasteiger partial charge in [0.25, 0.3) is 0 Å². The van der Waals surface area contributed by atoms with Crippen LogP contribution in [0.2, 0.25) is 0 Å². The Kier molecular flexibility index (Phi) is 4.70. The van der Waals surface area contributed by atoms with E-state index in [1.54, 1.807) is 18.2 Å². The van der Waals surface area contributed by atoms with Crippen molar-refractivity contribution in [2.75, 3.05) is 13.3 Å². The van der Waals surface area contributed by atoms with Crippen LogP contribution in [0.5, 0.6) is 5.75 Å². The summed E-state index contributed by atoms with van der Waals surface area (Å²) >= 11 is 0. The number of nitrogens with one attached hydrogen (secondary N) is 1. The van der Waals surface area contributed by atoms with Crippen molar-refractivity contribution in [2.24, 2.45) is 0 Å². The van der Waals surface area contributed by atoms with E-state index in [0.29, 0.717) is 12.3 Å². The van der Waals surface area contributed by atoms with Crippen molar-refractivity contribution in [1.29, 1.82) is 0 Å². The number of rotatable bonds is 4. The van der Waals surface area contributed by atoms with Crippen LogP contribution in [0.15, 0.2) is 45.6 Å². The highest BCUT2D eigenvalue weighted by molar-refractivity contribution is 5.86. The lowest BCUT2D eigenvalue weighted by Crippen LogP contribution is -3.12. The minimum absolute atomic E-state index is 0.196. The predicted molar refractivity (Wildman–Crippen MR) is 102 cm³/mol. The van der Waals surface area contributed by atoms with Crippen molar-refractivity contribution >= 4 is 11.0 Å². The number of hydrogen-bond donors (Lipinski definition) is 1. The van der Waals surface area contributed by atoms with Crippen molar-refractivity contribution in [3.8, 4) is 5.75 Å². The minimum Gasteiger partial charge on any atom is -0.444 e. The third kappa shape index (κ3) is 3.47. The first-order valence-corrected chi connectivity index (χ1v) is 9.35. The van der Waals surface area contributed by atoms with E-state index in [1.807, 2.05) is 19.9 Å². The standard InChI is InChI=1S/C22H22FNO3/c1-3-16-11-20(25)27-22-14(2)21-17(10-19(16)22)12-24(13-26-21)8-7-15-5-4-6-18(23)9-15/h4-6,9-11H,3,7-8,12-13H2,1-2H3/p+1. The first-order valence-electron chi connectivity index (χ1n) is 9.35. The molecule has 1 aliphatic rings. The zero-order chi connectivity index (χ0) is 19.0. The van der Waals surface area contributed by atoms with E-state index in [1.165, 1.54) is 11.0 Å². The van der Waals surface area contributed by atoms with Crippen molar-refractivity contribution in [1.82, 2.24) is 0 Å². The highest BCUT2D eigenvalue weighted by Gasteiger charge is 2.25. The van der Waals surface area contributed by atoms with Crippen molar-refractivity contribution in [3.63, 3.8) is 0 Å². The van der Waals surface area contributed by atoms with Crippen LogP contribution in [-0.4, -0.2) is 13.3 Å². The molecule has 0 aliphatic carbocycles. The fourth-order valence-electron chi connectivity index (χ4n) is 3.86. The molecule has 0 radical (unpaired) electrons. The Bertz CT molecular complexity index is 1060. The van der Waals surface area contributed by atoms with Gasteiger partial charge in [0, 0.05) is 29.0 Å². The second-order valence-electron chi connectivity index (χ2n) is 7.16. The molecule has 1 aromatic heterocycles. The Hall–Kier alpha value is -2.66. The number of benzene rings is 2. The highest BCUT2D eigenvalue weighted by Crippen LogP contribution is 2.33. The summed E-state index contributed by atoms with van der Waals surface area (Å²) in [5.74, 6) is 0.631. The maximum atomic E-state index is 13.4. The summed E-state index contributed by atoms with van der Waals surface area (Å²) in [7, 11) is 0. The molecule has 5 heteroatoms. The van der Waals surface area contributed by atoms with Gasteiger partial charge in [-0.1, -0.05) is 19.1 Å². The van der Waals surface area contributed by atoms with Crippen LogP contribution in [0.3, 0.4) is 0 Å². The Morgan fingerprint density at radius 2 is 2.07 bits per heavy atom. The number of ether oxygens (including phenoxy) is 1. The monoisotopic (exact) mass is 368 g/mol. The van der Waals surface area contributed by atoms with Crippen LogP contribution in [0, 0.1) is 12.7 Å². The lowest BCUT2D eigenvalue weighted by molar-refractivity contribution is -0.932. The molecule has 0 fully saturated rings. The predicted octanol–water partition coefficient (Wildman–Crippen LogP) is 2.78. The zero-order valence-corrected chi connectivity index (χ0v) is 15.6. The molecule has 1 aliphatic heterocycles. The summed E-state index contributed by atoms with van der Waals surface area (Å²) < 4.78 is 24.9. The van der Waals surface area contributed by atoms with Crippen LogP contribution in [0.4, 0.5) is 4.39 Å². The van der Waals surface area contributed by atoms with Gasteiger partial charge in [-0.3, -0.25) is 4.90 Å². The minimum atomic E-state index is -0.319. The maximum absolute atomic E-state index is 13.4. The number of halogens is 1. The number of hydrogen-bond acceptors (Lipinski definition) is 3. The first-order chi connectivity index (χ1) is 13.0. The topological polar surface area (TPSA) is 43.9 Å². The summed E-state index contributed by atoms with van der Waals surface area (Å²) in [6.07, 6.45) is 1.57. The summed E-state index contributed by atoms with van der Waals surface area (Å²) in [5.41, 5.74) is 4.32. The average molecular weight is 368 g/mol. The van der Waals surface area contributed by atoms with E-state index >= 15 is 0 Å². The van der Waals surface area contributed by atoms with Crippen molar-refractivity contribution in [2.45, 2.75) is 33.2 Å². The van der Waals surface area contributed by atoms with Crippen LogP contribution < -0.4 is 15.3 Å². The van der Waals surface area contributed by atoms with E-state index in [2.05, 4.69) is 6.07 Å². The van der Waals surface area contributed by atoms with Gasteiger partial charge in [-0.2, -0.15) is 0 Å². The van der Waals surface area contributed by atoms with Gasteiger partial charge in [-0.05, 0) is 42.7 Å². The van der Waals surface area contributed by atoms with Gasteiger partial charge < -0.3 is 9.15 Å². The van der Waals surface area contributed by atoms with Gasteiger partial charge >= 0.3 is 5.63 Å². The Morgan fingerprint density at radius 1 is 1.22 bits per heavy atom. The van der Waals surface area contributed by atoms with Crippen LogP contribution in [0.1, 0.15) is 29.2 Å². The molecule has 1 atom stereocenters. The van der Waals surface area contributed by atoms with E-state index in [-0.39, 0.29) is 11.4 Å². The molecular weight excluding hydrogens is 345 g/mol. The zero-order valence-electron chi connectivity index (χ0n) is 15.6. The number of aryl methyl sites for hydroxylation is 2. The second-order valence-corrected chi connectivity index (χ2v) is 7.16. The lowest BCUT2D eigenvalue weighted by atomic mass is 9.99. The van der Waals surface area contributed by atoms with Gasteiger partial charge in [0.1, 0.15) is 23.7 Å². The van der Waals surface area contributed by atoms with Crippen LogP contribution >= 0.6 is 0 Å². The molecule has 0 bridgehead atoms. The van der Waals surface area contributed by atoms with Crippen LogP contribution in [-0.2, 0) is 19.4 Å². The van der Waals surface area contributed by atoms with Gasteiger partial charge in [0.2, 0.25) is 6.73 Å². The molecule has 3 aromatic rings. The third-order valence-corrected chi connectivity index (χ3v) is 5.27. The van der Waals surface area contributed by atoms with Crippen molar-refractivity contribution in [3.05, 3.63) is 74.9 Å². The van der Waals surface area contributed by atoms with Gasteiger partial charge in [0.05, 0.1) is 6.54 Å². The van der Waals surface area contributed by atoms with Gasteiger partial charge in [-0.25, -0.2) is 9.18 Å². The summed E-state index contributed by atoms with van der Waals surface area (Å²) in [5, 5.41) is 0.989. The fraction of sp³-hybridized carbons (Fsp3) is 0.318. The Morgan fingerprint density at radius 3 is 2.85 bits per heavy atom. The smallest absolute Gasteiger partial charge is 0.336 e. The lowest BCUT2D eigenvalue weighted by Gasteiger charge is -2.27. The first kappa shape index (κ1) is 17.7. The molecule has 1 unspecified atom stereocenters. The molecule has 0 amide bonds. The molecule has 27 heavy (non-hydrogen) atoms. The maximum Gasteiger partial charge on any atom is 0.336 e. The molecular formula is C22H23FNO3+. The van der Waals surface area contributed by atoms with Gasteiger partial charge in [-0.15, -0.1) is 0 Å². The molecule has 0 saturated heterocycles. The number of fused-ring (bicyclic) bond motifs is 2. The van der Waals surface area contributed by atoms with E-state index in [0.717, 1.165) is 59.3 Å². The molecule has 1 N–H and O–H groups in total. The van der Waals surface area contributed by atoms with E-state index in [9.17, 15) is 9.18 Å². The molecule has 2 aromatic carbocycles. The van der Waals surface area contributed by atoms with Gasteiger partial charge in [0.15, 0.2) is 0 Å². The summed E-state index contributed by atoms with van der Waals surface area (Å²) in [6.45, 7) is 6.23. The normalized spacial score (nSPS) is 16.2. The van der Waals surface area contributed by atoms with E-state index in [4.69, 9.17) is 9.15 Å². The molecule has 0 saturated carbocycles. The average Bonchev–Trinajstić information content (AvgIpc) is 2.66. The van der Waals surface area contributed by atoms with Crippen LogP contribution in [0.25, 0.3) is 11.0 Å². The van der Waals surface area contributed by atoms with Crippen molar-refractivity contribution < 1.29 is 18.4 Å². The Labute approximate surface area is 157 Å². The van der Waals surface area contributed by atoms with E-state index < -0.39 is 0 Å². The quantitative estimate of drug-likeness (QED) is 0.720. The summed E-state index contributed by atoms with van der Waals surface area (Å²) in [4.78, 5) is 13.1. The second kappa shape index (κ2) is 7.16. The molecule has 0 spiro atoms. The molecule has 2 heterocycles. The molecule has 140 valence electrons. The fourth-order valence-corrected chi connectivity index (χ4v) is 3.86. The Balaban J connectivity index is 1.61.